The highest BCUT2D eigenvalue weighted by molar-refractivity contribution is 6.11. The molecule has 76 valence electrons. The Labute approximate surface area is 90.1 Å². The summed E-state index contributed by atoms with van der Waals surface area (Å²) in [6, 6.07) is 7.73. The summed E-state index contributed by atoms with van der Waals surface area (Å²) in [6.45, 7) is 1.97. The Kier molecular flexibility index (Phi) is 2.82. The minimum atomic E-state index is 0.143. The van der Waals surface area contributed by atoms with E-state index in [0.29, 0.717) is 0 Å². The van der Waals surface area contributed by atoms with Crippen LogP contribution in [-0.2, 0) is 0 Å². The Morgan fingerprint density at radius 2 is 2.00 bits per heavy atom. The summed E-state index contributed by atoms with van der Waals surface area (Å²) in [7, 11) is 0. The van der Waals surface area contributed by atoms with Gasteiger partial charge in [0, 0.05) is 11.1 Å². The number of hydrogen-bond donors (Lipinski definition) is 0. The highest BCUT2D eigenvalue weighted by Crippen LogP contribution is 2.17. The first kappa shape index (κ1) is 9.91. The second kappa shape index (κ2) is 4.26. The van der Waals surface area contributed by atoms with Crippen LogP contribution in [0.3, 0.4) is 0 Å². The largest absolute Gasteiger partial charge is 0.289 e. The smallest absolute Gasteiger partial charge is 0.192 e. The molecule has 1 aliphatic carbocycles. The molecule has 0 spiro atoms. The Bertz CT molecular complexity index is 438. The molecule has 0 unspecified atom stereocenters. The first-order valence-electron chi connectivity index (χ1n) is 5.26. The summed E-state index contributed by atoms with van der Waals surface area (Å²) in [5.74, 6) is 0.143. The summed E-state index contributed by atoms with van der Waals surface area (Å²) in [6.07, 6.45) is 8.03. The predicted octanol–water partition coefficient (Wildman–Crippen LogP) is 3.45. The Morgan fingerprint density at radius 3 is 2.67 bits per heavy atom. The van der Waals surface area contributed by atoms with E-state index >= 15 is 0 Å². The van der Waals surface area contributed by atoms with Gasteiger partial charge in [-0.25, -0.2) is 0 Å². The van der Waals surface area contributed by atoms with Crippen molar-refractivity contribution in [3.63, 3.8) is 0 Å². The molecule has 1 aliphatic rings. The van der Waals surface area contributed by atoms with Crippen LogP contribution in [0, 0.1) is 6.92 Å². The minimum Gasteiger partial charge on any atom is -0.289 e. The summed E-state index contributed by atoms with van der Waals surface area (Å²) in [5, 5.41) is 0. The van der Waals surface area contributed by atoms with Crippen molar-refractivity contribution >= 4 is 5.78 Å². The van der Waals surface area contributed by atoms with Crippen molar-refractivity contribution in [2.24, 2.45) is 0 Å². The Hall–Kier alpha value is -1.63. The summed E-state index contributed by atoms with van der Waals surface area (Å²) in [4.78, 5) is 12.1. The predicted molar refractivity (Wildman–Crippen MR) is 62.0 cm³/mol. The maximum atomic E-state index is 12.1. The number of benzene rings is 1. The zero-order valence-corrected chi connectivity index (χ0v) is 8.86. The molecule has 0 aromatic heterocycles. The lowest BCUT2D eigenvalue weighted by Gasteiger charge is -2.07. The third kappa shape index (κ3) is 2.07. The molecule has 15 heavy (non-hydrogen) atoms. The van der Waals surface area contributed by atoms with Gasteiger partial charge in [0.25, 0.3) is 0 Å². The number of ketones is 1. The molecule has 2 rings (SSSR count). The molecule has 0 atom stereocenters. The quantitative estimate of drug-likeness (QED) is 0.665. The van der Waals surface area contributed by atoms with Crippen molar-refractivity contribution in [2.75, 3.05) is 0 Å². The maximum absolute atomic E-state index is 12.1. The minimum absolute atomic E-state index is 0.143. The number of allylic oxidation sites excluding steroid dienone is 4. The average Bonchev–Trinajstić information content (AvgIpc) is 2.30. The van der Waals surface area contributed by atoms with Crippen molar-refractivity contribution in [3.8, 4) is 0 Å². The highest BCUT2D eigenvalue weighted by Gasteiger charge is 2.12. The van der Waals surface area contributed by atoms with Gasteiger partial charge in [-0.05, 0) is 25.3 Å². The van der Waals surface area contributed by atoms with Gasteiger partial charge >= 0.3 is 0 Å². The number of hydrogen-bond acceptors (Lipinski definition) is 1. The SMILES string of the molecule is Cc1ccccc1C(=O)C1=CCCC=C1. The van der Waals surface area contributed by atoms with Crippen LogP contribution in [0.2, 0.25) is 0 Å². The van der Waals surface area contributed by atoms with Gasteiger partial charge in [-0.1, -0.05) is 42.5 Å². The second-order valence-corrected chi connectivity index (χ2v) is 3.78. The lowest BCUT2D eigenvalue weighted by molar-refractivity contribution is 0.103. The van der Waals surface area contributed by atoms with E-state index in [2.05, 4.69) is 6.08 Å². The molecular weight excluding hydrogens is 184 g/mol. The average molecular weight is 198 g/mol. The van der Waals surface area contributed by atoms with E-state index in [1.165, 1.54) is 0 Å². The lowest BCUT2D eigenvalue weighted by Crippen LogP contribution is -2.05. The molecule has 0 heterocycles. The first-order valence-corrected chi connectivity index (χ1v) is 5.26. The molecule has 1 nitrogen and oxygen atoms in total. The van der Waals surface area contributed by atoms with E-state index in [1.54, 1.807) is 0 Å². The molecule has 0 N–H and O–H groups in total. The summed E-state index contributed by atoms with van der Waals surface area (Å²) < 4.78 is 0. The normalized spacial score (nSPS) is 14.9. The van der Waals surface area contributed by atoms with Gasteiger partial charge in [-0.15, -0.1) is 0 Å². The number of carbonyl (C=O) groups excluding carboxylic acids is 1. The molecule has 0 saturated carbocycles. The Morgan fingerprint density at radius 1 is 1.20 bits per heavy atom. The molecular formula is C14H14O. The lowest BCUT2D eigenvalue weighted by atomic mass is 9.96. The number of carbonyl (C=O) groups is 1. The third-order valence-electron chi connectivity index (χ3n) is 2.65. The van der Waals surface area contributed by atoms with Crippen molar-refractivity contribution in [1.29, 1.82) is 0 Å². The topological polar surface area (TPSA) is 17.1 Å². The second-order valence-electron chi connectivity index (χ2n) is 3.78. The van der Waals surface area contributed by atoms with Gasteiger partial charge in [0.05, 0.1) is 0 Å². The van der Waals surface area contributed by atoms with Crippen LogP contribution in [0.1, 0.15) is 28.8 Å². The number of Topliss-reactive ketones (excluding diaryl/α,β-unsaturated/α-hetero) is 1. The van der Waals surface area contributed by atoms with E-state index in [1.807, 2.05) is 43.3 Å². The van der Waals surface area contributed by atoms with Gasteiger partial charge in [0.1, 0.15) is 0 Å². The van der Waals surface area contributed by atoms with Crippen LogP contribution in [0.5, 0.6) is 0 Å². The van der Waals surface area contributed by atoms with Gasteiger partial charge in [0.2, 0.25) is 0 Å². The molecule has 0 aliphatic heterocycles. The van der Waals surface area contributed by atoms with Crippen LogP contribution in [0.4, 0.5) is 0 Å². The van der Waals surface area contributed by atoms with Gasteiger partial charge in [-0.2, -0.15) is 0 Å². The van der Waals surface area contributed by atoms with Crippen LogP contribution in [0.15, 0.2) is 48.1 Å². The van der Waals surface area contributed by atoms with Crippen LogP contribution < -0.4 is 0 Å². The first-order chi connectivity index (χ1) is 7.29. The van der Waals surface area contributed by atoms with Crippen molar-refractivity contribution < 1.29 is 4.79 Å². The fraction of sp³-hybridized carbons (Fsp3) is 0.214. The molecule has 0 fully saturated rings. The van der Waals surface area contributed by atoms with Crippen molar-refractivity contribution in [2.45, 2.75) is 19.8 Å². The van der Waals surface area contributed by atoms with Gasteiger partial charge < -0.3 is 0 Å². The zero-order valence-electron chi connectivity index (χ0n) is 8.86. The van der Waals surface area contributed by atoms with Crippen molar-refractivity contribution in [1.82, 2.24) is 0 Å². The highest BCUT2D eigenvalue weighted by atomic mass is 16.1. The van der Waals surface area contributed by atoms with Crippen LogP contribution >= 0.6 is 0 Å². The third-order valence-corrected chi connectivity index (χ3v) is 2.65. The zero-order chi connectivity index (χ0) is 10.7. The van der Waals surface area contributed by atoms with Crippen molar-refractivity contribution in [3.05, 3.63) is 59.2 Å². The molecule has 0 saturated heterocycles. The van der Waals surface area contributed by atoms with E-state index in [9.17, 15) is 4.79 Å². The van der Waals surface area contributed by atoms with Gasteiger partial charge in [0.15, 0.2) is 5.78 Å². The molecule has 1 aromatic carbocycles. The van der Waals surface area contributed by atoms with E-state index in [4.69, 9.17) is 0 Å². The number of rotatable bonds is 2. The maximum Gasteiger partial charge on any atom is 0.192 e. The van der Waals surface area contributed by atoms with Crippen LogP contribution in [-0.4, -0.2) is 5.78 Å². The monoisotopic (exact) mass is 198 g/mol. The van der Waals surface area contributed by atoms with Crippen LogP contribution in [0.25, 0.3) is 0 Å². The molecule has 1 heteroatoms. The summed E-state index contributed by atoms with van der Waals surface area (Å²) >= 11 is 0. The van der Waals surface area contributed by atoms with E-state index < -0.39 is 0 Å². The molecule has 1 aromatic rings. The van der Waals surface area contributed by atoms with Gasteiger partial charge in [-0.3, -0.25) is 4.79 Å². The molecule has 0 radical (unpaired) electrons. The Balaban J connectivity index is 2.32. The standard InChI is InChI=1S/C14H14O/c1-11-7-5-6-10-13(11)14(15)12-8-3-2-4-9-12/h3,5-10H,2,4H2,1H3. The van der Waals surface area contributed by atoms with E-state index in [0.717, 1.165) is 29.5 Å². The fourth-order valence-corrected chi connectivity index (χ4v) is 1.76. The number of aryl methyl sites for hydroxylation is 1. The fourth-order valence-electron chi connectivity index (χ4n) is 1.76. The molecule has 0 amide bonds. The van der Waals surface area contributed by atoms with E-state index in [-0.39, 0.29) is 5.78 Å². The summed E-state index contributed by atoms with van der Waals surface area (Å²) in [5.41, 5.74) is 2.69. The molecule has 0 bridgehead atoms.